The maximum absolute atomic E-state index is 11.9. The fourth-order valence-corrected chi connectivity index (χ4v) is 2.25. The molecule has 0 fully saturated rings. The number of carbonyl (C=O) groups excluding carboxylic acids is 2. The van der Waals surface area contributed by atoms with Crippen molar-refractivity contribution >= 4 is 23.7 Å². The van der Waals surface area contributed by atoms with E-state index in [1.807, 2.05) is 63.2 Å². The standard InChI is InChI=1S/C20H23N3O2/c1-14-5-4-6-17(11-14)13-21-23-20(25)10-9-19(24)22-18-8-7-15(2)16(3)12-18/h4-8,11-13H,9-10H2,1-3H3,(H,22,24)(H,23,25). The molecule has 0 heterocycles. The lowest BCUT2D eigenvalue weighted by molar-refractivity contribution is -0.124. The van der Waals surface area contributed by atoms with Gasteiger partial charge in [0.15, 0.2) is 0 Å². The zero-order valence-electron chi connectivity index (χ0n) is 14.8. The van der Waals surface area contributed by atoms with Gasteiger partial charge in [-0.15, -0.1) is 0 Å². The van der Waals surface area contributed by atoms with Gasteiger partial charge in [0.2, 0.25) is 11.8 Å². The SMILES string of the molecule is Cc1cccc(C=NNC(=O)CCC(=O)Nc2ccc(C)c(C)c2)c1. The fourth-order valence-electron chi connectivity index (χ4n) is 2.25. The maximum Gasteiger partial charge on any atom is 0.240 e. The number of hydrazone groups is 1. The summed E-state index contributed by atoms with van der Waals surface area (Å²) in [7, 11) is 0. The highest BCUT2D eigenvalue weighted by Gasteiger charge is 2.07. The normalized spacial score (nSPS) is 10.7. The maximum atomic E-state index is 11.9. The van der Waals surface area contributed by atoms with Crippen LogP contribution in [0.5, 0.6) is 0 Å². The zero-order valence-corrected chi connectivity index (χ0v) is 14.8. The summed E-state index contributed by atoms with van der Waals surface area (Å²) < 4.78 is 0. The van der Waals surface area contributed by atoms with Crippen LogP contribution in [-0.2, 0) is 9.59 Å². The Hall–Kier alpha value is -2.95. The van der Waals surface area contributed by atoms with Crippen LogP contribution >= 0.6 is 0 Å². The van der Waals surface area contributed by atoms with Crippen molar-refractivity contribution in [2.75, 3.05) is 5.32 Å². The number of carbonyl (C=O) groups is 2. The van der Waals surface area contributed by atoms with Crippen molar-refractivity contribution in [3.05, 3.63) is 64.7 Å². The van der Waals surface area contributed by atoms with Crippen molar-refractivity contribution in [3.8, 4) is 0 Å². The highest BCUT2D eigenvalue weighted by Crippen LogP contribution is 2.14. The number of nitrogens with one attached hydrogen (secondary N) is 2. The molecule has 2 aromatic carbocycles. The van der Waals surface area contributed by atoms with Crippen LogP contribution in [0.3, 0.4) is 0 Å². The third-order valence-corrected chi connectivity index (χ3v) is 3.81. The topological polar surface area (TPSA) is 70.6 Å². The van der Waals surface area contributed by atoms with Crippen LogP contribution in [0.15, 0.2) is 47.6 Å². The second kappa shape index (κ2) is 8.78. The van der Waals surface area contributed by atoms with Gasteiger partial charge in [-0.3, -0.25) is 9.59 Å². The first-order valence-corrected chi connectivity index (χ1v) is 8.20. The van der Waals surface area contributed by atoms with Crippen molar-refractivity contribution in [2.45, 2.75) is 33.6 Å². The second-order valence-corrected chi connectivity index (χ2v) is 6.05. The Kier molecular flexibility index (Phi) is 6.46. The molecule has 0 saturated carbocycles. The van der Waals surface area contributed by atoms with Crippen LogP contribution in [0.4, 0.5) is 5.69 Å². The molecule has 0 radical (unpaired) electrons. The van der Waals surface area contributed by atoms with Gasteiger partial charge in [0.1, 0.15) is 0 Å². The summed E-state index contributed by atoms with van der Waals surface area (Å²) in [5.74, 6) is -0.486. The average Bonchev–Trinajstić information content (AvgIpc) is 2.56. The van der Waals surface area contributed by atoms with Crippen molar-refractivity contribution in [2.24, 2.45) is 5.10 Å². The van der Waals surface area contributed by atoms with Gasteiger partial charge in [-0.25, -0.2) is 5.43 Å². The largest absolute Gasteiger partial charge is 0.326 e. The Morgan fingerprint density at radius 2 is 1.72 bits per heavy atom. The summed E-state index contributed by atoms with van der Waals surface area (Å²) in [6.07, 6.45) is 1.78. The number of hydrogen-bond donors (Lipinski definition) is 2. The molecular formula is C20H23N3O2. The average molecular weight is 337 g/mol. The highest BCUT2D eigenvalue weighted by molar-refractivity contribution is 5.93. The number of aryl methyl sites for hydroxylation is 3. The number of nitrogens with zero attached hydrogens (tertiary/aromatic N) is 1. The Morgan fingerprint density at radius 1 is 0.960 bits per heavy atom. The number of anilines is 1. The van der Waals surface area contributed by atoms with Crippen molar-refractivity contribution in [1.82, 2.24) is 5.43 Å². The Morgan fingerprint density at radius 3 is 2.44 bits per heavy atom. The Balaban J connectivity index is 1.75. The third-order valence-electron chi connectivity index (χ3n) is 3.81. The monoisotopic (exact) mass is 337 g/mol. The molecule has 25 heavy (non-hydrogen) atoms. The predicted molar refractivity (Wildman–Crippen MR) is 101 cm³/mol. The van der Waals surface area contributed by atoms with E-state index < -0.39 is 0 Å². The first kappa shape index (κ1) is 18.4. The van der Waals surface area contributed by atoms with Crippen molar-refractivity contribution < 1.29 is 9.59 Å². The van der Waals surface area contributed by atoms with E-state index in [0.29, 0.717) is 0 Å². The van der Waals surface area contributed by atoms with Crippen LogP contribution in [0.1, 0.15) is 35.1 Å². The van der Waals surface area contributed by atoms with E-state index in [4.69, 9.17) is 0 Å². The molecule has 2 rings (SSSR count). The van der Waals surface area contributed by atoms with Gasteiger partial charge in [0, 0.05) is 18.5 Å². The second-order valence-electron chi connectivity index (χ2n) is 6.05. The van der Waals surface area contributed by atoms with Gasteiger partial charge in [0.05, 0.1) is 6.21 Å². The lowest BCUT2D eigenvalue weighted by atomic mass is 10.1. The Bertz CT molecular complexity index is 797. The minimum absolute atomic E-state index is 0.0852. The molecule has 2 aromatic rings. The minimum atomic E-state index is -0.292. The minimum Gasteiger partial charge on any atom is -0.326 e. The molecule has 0 unspecified atom stereocenters. The van der Waals surface area contributed by atoms with E-state index in [1.165, 1.54) is 5.56 Å². The first-order valence-electron chi connectivity index (χ1n) is 8.20. The molecular weight excluding hydrogens is 314 g/mol. The van der Waals surface area contributed by atoms with E-state index in [0.717, 1.165) is 22.4 Å². The molecule has 0 atom stereocenters. The summed E-state index contributed by atoms with van der Waals surface area (Å²) in [6.45, 7) is 6.00. The Labute approximate surface area is 148 Å². The molecule has 0 aromatic heterocycles. The lowest BCUT2D eigenvalue weighted by Crippen LogP contribution is -2.20. The molecule has 2 N–H and O–H groups in total. The molecule has 0 aliphatic heterocycles. The van der Waals surface area contributed by atoms with Crippen molar-refractivity contribution in [3.63, 3.8) is 0 Å². The van der Waals surface area contributed by atoms with E-state index in [1.54, 1.807) is 6.21 Å². The molecule has 5 nitrogen and oxygen atoms in total. The molecule has 2 amide bonds. The van der Waals surface area contributed by atoms with Gasteiger partial charge in [-0.05, 0) is 49.6 Å². The van der Waals surface area contributed by atoms with Crippen LogP contribution in [-0.4, -0.2) is 18.0 Å². The van der Waals surface area contributed by atoms with Gasteiger partial charge < -0.3 is 5.32 Å². The van der Waals surface area contributed by atoms with E-state index in [9.17, 15) is 9.59 Å². The molecule has 0 aliphatic carbocycles. The molecule has 5 heteroatoms. The van der Waals surface area contributed by atoms with E-state index in [-0.39, 0.29) is 24.7 Å². The van der Waals surface area contributed by atoms with Gasteiger partial charge in [-0.1, -0.05) is 35.9 Å². The predicted octanol–water partition coefficient (Wildman–Crippen LogP) is 3.48. The number of rotatable bonds is 6. The zero-order chi connectivity index (χ0) is 18.2. The number of benzene rings is 2. The van der Waals surface area contributed by atoms with Crippen molar-refractivity contribution in [1.29, 1.82) is 0 Å². The molecule has 0 bridgehead atoms. The van der Waals surface area contributed by atoms with Crippen LogP contribution in [0.25, 0.3) is 0 Å². The summed E-state index contributed by atoms with van der Waals surface area (Å²) in [6, 6.07) is 13.5. The van der Waals surface area contributed by atoms with Gasteiger partial charge in [-0.2, -0.15) is 5.10 Å². The van der Waals surface area contributed by atoms with E-state index >= 15 is 0 Å². The van der Waals surface area contributed by atoms with Gasteiger partial charge in [0.25, 0.3) is 0 Å². The smallest absolute Gasteiger partial charge is 0.240 e. The molecule has 0 spiro atoms. The fraction of sp³-hybridized carbons (Fsp3) is 0.250. The quantitative estimate of drug-likeness (QED) is 0.626. The number of hydrogen-bond acceptors (Lipinski definition) is 3. The highest BCUT2D eigenvalue weighted by atomic mass is 16.2. The summed E-state index contributed by atoms with van der Waals surface area (Å²) >= 11 is 0. The van der Waals surface area contributed by atoms with Crippen LogP contribution < -0.4 is 10.7 Å². The summed E-state index contributed by atoms with van der Waals surface area (Å²) in [5, 5.41) is 6.71. The van der Waals surface area contributed by atoms with Crippen LogP contribution in [0, 0.1) is 20.8 Å². The lowest BCUT2D eigenvalue weighted by Gasteiger charge is -2.07. The third kappa shape index (κ3) is 6.22. The number of amides is 2. The molecule has 0 saturated heterocycles. The first-order chi connectivity index (χ1) is 11.9. The molecule has 130 valence electrons. The summed E-state index contributed by atoms with van der Waals surface area (Å²) in [5.41, 5.74) is 7.49. The van der Waals surface area contributed by atoms with E-state index in [2.05, 4.69) is 15.8 Å². The van der Waals surface area contributed by atoms with Gasteiger partial charge >= 0.3 is 0 Å². The summed E-state index contributed by atoms with van der Waals surface area (Å²) in [4.78, 5) is 23.7. The van der Waals surface area contributed by atoms with Crippen LogP contribution in [0.2, 0.25) is 0 Å². The molecule has 0 aliphatic rings.